The molecule has 2 aromatic rings. The number of halogens is 1. The number of hydrogen-bond donors (Lipinski definition) is 0. The van der Waals surface area contributed by atoms with Crippen LogP contribution in [-0.4, -0.2) is 32.9 Å². The molecular formula is C23H17BrN4O7. The van der Waals surface area contributed by atoms with E-state index in [9.17, 15) is 29.8 Å². The zero-order valence-electron chi connectivity index (χ0n) is 17.9. The van der Waals surface area contributed by atoms with Gasteiger partial charge in [0.15, 0.2) is 0 Å². The Morgan fingerprint density at radius 2 is 1.74 bits per heavy atom. The van der Waals surface area contributed by atoms with Crippen LogP contribution in [0.2, 0.25) is 0 Å². The van der Waals surface area contributed by atoms with E-state index < -0.39 is 21.7 Å². The van der Waals surface area contributed by atoms with Crippen molar-refractivity contribution in [2.75, 3.05) is 0 Å². The van der Waals surface area contributed by atoms with Crippen LogP contribution in [0.25, 0.3) is 0 Å². The van der Waals surface area contributed by atoms with E-state index in [1.54, 1.807) is 6.07 Å². The van der Waals surface area contributed by atoms with Gasteiger partial charge >= 0.3 is 5.69 Å². The number of hydrazone groups is 1. The highest BCUT2D eigenvalue weighted by molar-refractivity contribution is 9.10. The number of carbonyl (C=O) groups excluding carboxylic acids is 2. The van der Waals surface area contributed by atoms with E-state index in [4.69, 9.17) is 4.74 Å². The smallest absolute Gasteiger partial charge is 0.312 e. The number of imide groups is 1. The molecule has 2 aromatic carbocycles. The monoisotopic (exact) mass is 540 g/mol. The number of non-ortho nitro benzene ring substituents is 1. The Bertz CT molecular complexity index is 1310. The molecule has 2 fully saturated rings. The van der Waals surface area contributed by atoms with E-state index in [1.165, 1.54) is 36.5 Å². The highest BCUT2D eigenvalue weighted by atomic mass is 79.9. The molecule has 4 atom stereocenters. The summed E-state index contributed by atoms with van der Waals surface area (Å²) in [5.74, 6) is -1.68. The number of hydrogen-bond acceptors (Lipinski definition) is 8. The Kier molecular flexibility index (Phi) is 5.67. The normalized spacial score (nSPS) is 24.4. The molecule has 178 valence electrons. The lowest BCUT2D eigenvalue weighted by Gasteiger charge is -2.13. The number of benzene rings is 2. The molecule has 0 aromatic heterocycles. The summed E-state index contributed by atoms with van der Waals surface area (Å²) < 4.78 is 6.09. The topological polar surface area (TPSA) is 145 Å². The molecule has 0 unspecified atom stereocenters. The molecule has 0 spiro atoms. The van der Waals surface area contributed by atoms with Gasteiger partial charge in [-0.3, -0.25) is 29.8 Å². The van der Waals surface area contributed by atoms with Crippen LogP contribution < -0.4 is 4.74 Å². The largest absolute Gasteiger partial charge is 0.481 e. The maximum Gasteiger partial charge on any atom is 0.312 e. The van der Waals surface area contributed by atoms with Crippen molar-refractivity contribution in [2.45, 2.75) is 13.0 Å². The van der Waals surface area contributed by atoms with E-state index in [0.717, 1.165) is 11.4 Å². The first-order valence-electron chi connectivity index (χ1n) is 10.7. The van der Waals surface area contributed by atoms with Crippen LogP contribution in [0.1, 0.15) is 17.5 Å². The fourth-order valence-electron chi connectivity index (χ4n) is 5.02. The summed E-state index contributed by atoms with van der Waals surface area (Å²) in [5, 5.41) is 27.7. The van der Waals surface area contributed by atoms with Gasteiger partial charge in [0.25, 0.3) is 17.5 Å². The van der Waals surface area contributed by atoms with Crippen molar-refractivity contribution in [1.29, 1.82) is 0 Å². The molecule has 11 nitrogen and oxygen atoms in total. The van der Waals surface area contributed by atoms with Gasteiger partial charge in [-0.15, -0.1) is 0 Å². The number of fused-ring (bicyclic) bond motifs is 5. The fraction of sp³-hybridized carbons (Fsp3) is 0.261. The second-order valence-corrected chi connectivity index (χ2v) is 9.46. The summed E-state index contributed by atoms with van der Waals surface area (Å²) in [7, 11) is 0. The molecule has 1 saturated carbocycles. The first-order chi connectivity index (χ1) is 16.7. The Labute approximate surface area is 206 Å². The minimum absolute atomic E-state index is 0.0300. The van der Waals surface area contributed by atoms with Gasteiger partial charge in [0.1, 0.15) is 6.61 Å². The highest BCUT2D eigenvalue weighted by Crippen LogP contribution is 2.52. The summed E-state index contributed by atoms with van der Waals surface area (Å²) in [6, 6.07) is 8.47. The van der Waals surface area contributed by atoms with Crippen LogP contribution in [0.5, 0.6) is 5.75 Å². The molecule has 0 N–H and O–H groups in total. The summed E-state index contributed by atoms with van der Waals surface area (Å²) in [4.78, 5) is 47.3. The van der Waals surface area contributed by atoms with E-state index in [0.29, 0.717) is 10.0 Å². The minimum Gasteiger partial charge on any atom is -0.481 e. The number of amides is 2. The summed E-state index contributed by atoms with van der Waals surface area (Å²) in [5.41, 5.74) is 0.0815. The minimum atomic E-state index is -0.634. The number of carbonyl (C=O) groups is 2. The molecular weight excluding hydrogens is 524 g/mol. The Balaban J connectivity index is 1.44. The Morgan fingerprint density at radius 3 is 2.37 bits per heavy atom. The molecule has 1 aliphatic heterocycles. The lowest BCUT2D eigenvalue weighted by atomic mass is 9.85. The van der Waals surface area contributed by atoms with E-state index in [-0.39, 0.29) is 52.9 Å². The molecule has 2 aliphatic carbocycles. The van der Waals surface area contributed by atoms with Gasteiger partial charge in [0.05, 0.1) is 27.9 Å². The van der Waals surface area contributed by atoms with Crippen LogP contribution >= 0.6 is 15.9 Å². The zero-order chi connectivity index (χ0) is 24.9. The molecule has 0 radical (unpaired) electrons. The van der Waals surface area contributed by atoms with E-state index >= 15 is 0 Å². The maximum atomic E-state index is 12.9. The number of allylic oxidation sites excluding steroid dienone is 2. The predicted molar refractivity (Wildman–Crippen MR) is 125 cm³/mol. The lowest BCUT2D eigenvalue weighted by molar-refractivity contribution is -0.386. The molecule has 3 aliphatic rings. The van der Waals surface area contributed by atoms with Crippen molar-refractivity contribution in [2.24, 2.45) is 28.8 Å². The Hall–Kier alpha value is -3.93. The van der Waals surface area contributed by atoms with E-state index in [2.05, 4.69) is 21.0 Å². The van der Waals surface area contributed by atoms with Crippen molar-refractivity contribution in [3.8, 4) is 5.75 Å². The van der Waals surface area contributed by atoms with E-state index in [1.807, 2.05) is 12.2 Å². The van der Waals surface area contributed by atoms with Crippen LogP contribution in [-0.2, 0) is 16.2 Å². The SMILES string of the molecule is O=C1[C@@H]2[C@H](C(=O)N1N=Cc1cc(Br)cc([N+](=O)[O-])c1OCc1cccc([N+](=O)[O-])c1)[C@H]1C=C[C@H]2C1. The predicted octanol–water partition coefficient (Wildman–Crippen LogP) is 3.99. The highest BCUT2D eigenvalue weighted by Gasteiger charge is 2.59. The molecule has 2 amide bonds. The first kappa shape index (κ1) is 22.8. The lowest BCUT2D eigenvalue weighted by Crippen LogP contribution is -2.28. The third kappa shape index (κ3) is 3.99. The second-order valence-electron chi connectivity index (χ2n) is 8.55. The van der Waals surface area contributed by atoms with Crippen molar-refractivity contribution in [3.63, 3.8) is 0 Å². The molecule has 5 rings (SSSR count). The van der Waals surface area contributed by atoms with Gasteiger partial charge in [-0.2, -0.15) is 10.1 Å². The standard InChI is InChI=1S/C23H17BrN4O7/c24-16-8-15(10-25-26-22(29)19-13-4-5-14(7-13)20(19)23(26)30)21(18(9-16)28(33)34)35-11-12-2-1-3-17(6-12)27(31)32/h1-6,8-10,13-14,19-20H,7,11H2/t13-,14-,19-,20+/m0/s1. The quantitative estimate of drug-likeness (QED) is 0.169. The maximum absolute atomic E-state index is 12.9. The number of rotatable bonds is 7. The van der Waals surface area contributed by atoms with Gasteiger partial charge in [0.2, 0.25) is 5.75 Å². The van der Waals surface area contributed by atoms with Gasteiger partial charge in [-0.25, -0.2) is 0 Å². The molecule has 12 heteroatoms. The van der Waals surface area contributed by atoms with Crippen LogP contribution in [0.4, 0.5) is 11.4 Å². The average molecular weight is 541 g/mol. The first-order valence-corrected chi connectivity index (χ1v) is 11.5. The third-order valence-electron chi connectivity index (χ3n) is 6.52. The number of nitrogens with zero attached hydrogens (tertiary/aromatic N) is 4. The molecule has 35 heavy (non-hydrogen) atoms. The van der Waals surface area contributed by atoms with Crippen molar-refractivity contribution < 1.29 is 24.2 Å². The molecule has 2 bridgehead atoms. The fourth-order valence-corrected chi connectivity index (χ4v) is 5.49. The van der Waals surface area contributed by atoms with Crippen molar-refractivity contribution >= 4 is 45.3 Å². The Morgan fingerprint density at radius 1 is 1.06 bits per heavy atom. The average Bonchev–Trinajstić information content (AvgIpc) is 3.51. The van der Waals surface area contributed by atoms with Gasteiger partial charge in [-0.1, -0.05) is 40.2 Å². The molecule has 1 heterocycles. The van der Waals surface area contributed by atoms with Gasteiger partial charge in [0, 0.05) is 28.2 Å². The van der Waals surface area contributed by atoms with Crippen molar-refractivity contribution in [3.05, 3.63) is 84.4 Å². The number of nitro groups is 2. The molecule has 1 saturated heterocycles. The van der Waals surface area contributed by atoms with Crippen molar-refractivity contribution in [1.82, 2.24) is 5.01 Å². The van der Waals surface area contributed by atoms with Gasteiger partial charge < -0.3 is 4.74 Å². The third-order valence-corrected chi connectivity index (χ3v) is 6.98. The van der Waals surface area contributed by atoms with Crippen LogP contribution in [0, 0.1) is 43.9 Å². The summed E-state index contributed by atoms with van der Waals surface area (Å²) in [6.45, 7) is -0.189. The number of ether oxygens (including phenoxy) is 1. The van der Waals surface area contributed by atoms with Crippen LogP contribution in [0.3, 0.4) is 0 Å². The van der Waals surface area contributed by atoms with Crippen LogP contribution in [0.15, 0.2) is 58.1 Å². The summed E-state index contributed by atoms with van der Waals surface area (Å²) >= 11 is 3.23. The van der Waals surface area contributed by atoms with Gasteiger partial charge in [-0.05, 0) is 29.9 Å². The summed E-state index contributed by atoms with van der Waals surface area (Å²) in [6.07, 6.45) is 5.92. The second kappa shape index (κ2) is 8.69. The number of nitro benzene ring substituents is 2. The zero-order valence-corrected chi connectivity index (χ0v) is 19.5.